The highest BCUT2D eigenvalue weighted by Crippen LogP contribution is 2.49. The van der Waals surface area contributed by atoms with E-state index in [0.29, 0.717) is 0 Å². The predicted molar refractivity (Wildman–Crippen MR) is 35.2 cm³/mol. The summed E-state index contributed by atoms with van der Waals surface area (Å²) in [6.45, 7) is -0.303. The summed E-state index contributed by atoms with van der Waals surface area (Å²) in [7, 11) is -4.79. The van der Waals surface area contributed by atoms with Crippen LogP contribution in [0.3, 0.4) is 0 Å². The number of carboxylic acids is 1. The van der Waals surface area contributed by atoms with E-state index in [1.54, 1.807) is 0 Å². The number of aliphatic carboxylic acids is 1. The SMILES string of the molecule is CC(CO)(C(=O)O)P(=O)(O)O. The molecule has 66 valence electrons. The van der Waals surface area contributed by atoms with Crippen molar-refractivity contribution in [2.45, 2.75) is 12.1 Å². The summed E-state index contributed by atoms with van der Waals surface area (Å²) in [4.78, 5) is 27.2. The Bertz CT molecular complexity index is 207. The fraction of sp³-hybridized carbons (Fsp3) is 0.750. The number of carboxylic acid groups (broad SMARTS) is 1. The monoisotopic (exact) mass is 184 g/mol. The Hall–Kier alpha value is -0.420. The number of aliphatic hydroxyl groups excluding tert-OH is 1. The van der Waals surface area contributed by atoms with Gasteiger partial charge in [-0.2, -0.15) is 0 Å². The first-order valence-electron chi connectivity index (χ1n) is 2.65. The zero-order valence-corrected chi connectivity index (χ0v) is 6.65. The quantitative estimate of drug-likeness (QED) is 0.418. The summed E-state index contributed by atoms with van der Waals surface area (Å²) in [6.07, 6.45) is 0. The van der Waals surface area contributed by atoms with E-state index in [1.807, 2.05) is 0 Å². The zero-order valence-electron chi connectivity index (χ0n) is 5.76. The molecule has 11 heavy (non-hydrogen) atoms. The van der Waals surface area contributed by atoms with E-state index in [9.17, 15) is 9.36 Å². The van der Waals surface area contributed by atoms with Crippen molar-refractivity contribution in [2.24, 2.45) is 0 Å². The second-order valence-corrected chi connectivity index (χ2v) is 4.36. The molecule has 1 atom stereocenters. The van der Waals surface area contributed by atoms with Crippen LogP contribution in [-0.4, -0.2) is 37.7 Å². The Balaban J connectivity index is 4.92. The molecule has 7 heteroatoms. The highest BCUT2D eigenvalue weighted by molar-refractivity contribution is 7.54. The minimum atomic E-state index is -4.79. The summed E-state index contributed by atoms with van der Waals surface area (Å²) in [6, 6.07) is 0. The van der Waals surface area contributed by atoms with E-state index in [2.05, 4.69) is 0 Å². The number of aliphatic hydroxyl groups is 1. The zero-order chi connectivity index (χ0) is 9.28. The fourth-order valence-corrected chi connectivity index (χ4v) is 0.718. The lowest BCUT2D eigenvalue weighted by molar-refractivity contribution is -0.141. The first kappa shape index (κ1) is 10.6. The van der Waals surface area contributed by atoms with Crippen LogP contribution >= 0.6 is 7.60 Å². The van der Waals surface area contributed by atoms with E-state index >= 15 is 0 Å². The van der Waals surface area contributed by atoms with Crippen LogP contribution in [0.1, 0.15) is 6.92 Å². The molecule has 0 aliphatic carbocycles. The molecule has 0 fully saturated rings. The van der Waals surface area contributed by atoms with Crippen molar-refractivity contribution in [3.63, 3.8) is 0 Å². The van der Waals surface area contributed by atoms with E-state index in [-0.39, 0.29) is 0 Å². The van der Waals surface area contributed by atoms with Gasteiger partial charge in [0, 0.05) is 0 Å². The molecular weight excluding hydrogens is 175 g/mol. The van der Waals surface area contributed by atoms with Gasteiger partial charge in [0.25, 0.3) is 0 Å². The summed E-state index contributed by atoms with van der Waals surface area (Å²) in [5, 5.41) is 14.4. The van der Waals surface area contributed by atoms with Crippen LogP contribution in [0.5, 0.6) is 0 Å². The van der Waals surface area contributed by atoms with Crippen LogP contribution in [0, 0.1) is 0 Å². The van der Waals surface area contributed by atoms with Crippen LogP contribution in [0.2, 0.25) is 0 Å². The minimum Gasteiger partial charge on any atom is -0.480 e. The van der Waals surface area contributed by atoms with Crippen molar-refractivity contribution >= 4 is 13.6 Å². The second kappa shape index (κ2) is 2.91. The van der Waals surface area contributed by atoms with Gasteiger partial charge in [0.15, 0.2) is 5.16 Å². The van der Waals surface area contributed by atoms with Crippen molar-refractivity contribution in [3.05, 3.63) is 0 Å². The van der Waals surface area contributed by atoms with Gasteiger partial charge in [-0.05, 0) is 6.92 Å². The maximum atomic E-state index is 10.5. The molecule has 4 N–H and O–H groups in total. The molecule has 0 saturated carbocycles. The van der Waals surface area contributed by atoms with Gasteiger partial charge in [0.2, 0.25) is 0 Å². The molecular formula is C4H9O6P. The smallest absolute Gasteiger partial charge is 0.344 e. The molecule has 0 bridgehead atoms. The molecule has 0 aliphatic rings. The van der Waals surface area contributed by atoms with Crippen LogP contribution < -0.4 is 0 Å². The number of hydrogen-bond donors (Lipinski definition) is 4. The molecule has 0 amide bonds. The first-order chi connectivity index (χ1) is 4.75. The molecule has 0 aliphatic heterocycles. The summed E-state index contributed by atoms with van der Waals surface area (Å²) in [5.41, 5.74) is 0. The average molecular weight is 184 g/mol. The van der Waals surface area contributed by atoms with Crippen molar-refractivity contribution in [2.75, 3.05) is 6.61 Å². The molecule has 1 unspecified atom stereocenters. The standard InChI is InChI=1S/C4H9O6P/c1-4(2-5,3(6)7)11(8,9)10/h5H,2H2,1H3,(H,6,7)(H2,8,9,10). The molecule has 0 aromatic rings. The Kier molecular flexibility index (Phi) is 2.79. The van der Waals surface area contributed by atoms with E-state index in [1.165, 1.54) is 0 Å². The minimum absolute atomic E-state index is 0.788. The van der Waals surface area contributed by atoms with E-state index < -0.39 is 25.3 Å². The molecule has 0 aromatic heterocycles. The molecule has 0 spiro atoms. The van der Waals surface area contributed by atoms with Gasteiger partial charge >= 0.3 is 13.6 Å². The lowest BCUT2D eigenvalue weighted by Crippen LogP contribution is -2.38. The Morgan fingerprint density at radius 1 is 1.55 bits per heavy atom. The van der Waals surface area contributed by atoms with Crippen molar-refractivity contribution in [1.82, 2.24) is 0 Å². The van der Waals surface area contributed by atoms with Gasteiger partial charge in [0.05, 0.1) is 6.61 Å². The highest BCUT2D eigenvalue weighted by atomic mass is 31.2. The fourth-order valence-electron chi connectivity index (χ4n) is 0.284. The Morgan fingerprint density at radius 3 is 1.91 bits per heavy atom. The maximum Gasteiger partial charge on any atom is 0.344 e. The molecule has 0 aromatic carbocycles. The Labute approximate surface area is 62.6 Å². The summed E-state index contributed by atoms with van der Waals surface area (Å²) in [5.74, 6) is -1.71. The van der Waals surface area contributed by atoms with Crippen LogP contribution in [-0.2, 0) is 9.36 Å². The highest BCUT2D eigenvalue weighted by Gasteiger charge is 2.49. The molecule has 0 radical (unpaired) electrons. The third-order valence-corrected chi connectivity index (χ3v) is 3.03. The van der Waals surface area contributed by atoms with Crippen LogP contribution in [0.4, 0.5) is 0 Å². The van der Waals surface area contributed by atoms with E-state index in [4.69, 9.17) is 20.0 Å². The molecule has 0 heterocycles. The van der Waals surface area contributed by atoms with Crippen molar-refractivity contribution in [1.29, 1.82) is 0 Å². The number of hydrogen-bond acceptors (Lipinski definition) is 3. The number of carbonyl (C=O) groups is 1. The third kappa shape index (κ3) is 1.78. The lowest BCUT2D eigenvalue weighted by Gasteiger charge is -2.22. The van der Waals surface area contributed by atoms with Gasteiger partial charge in [-0.15, -0.1) is 0 Å². The third-order valence-electron chi connectivity index (χ3n) is 1.41. The molecule has 6 nitrogen and oxygen atoms in total. The topological polar surface area (TPSA) is 115 Å². The van der Waals surface area contributed by atoms with Crippen molar-refractivity contribution < 1.29 is 29.4 Å². The van der Waals surface area contributed by atoms with Crippen LogP contribution in [0.15, 0.2) is 0 Å². The van der Waals surface area contributed by atoms with Gasteiger partial charge < -0.3 is 20.0 Å². The van der Waals surface area contributed by atoms with Crippen LogP contribution in [0.25, 0.3) is 0 Å². The largest absolute Gasteiger partial charge is 0.480 e. The van der Waals surface area contributed by atoms with Gasteiger partial charge in [-0.25, -0.2) is 0 Å². The second-order valence-electron chi connectivity index (χ2n) is 2.28. The molecule has 0 saturated heterocycles. The lowest BCUT2D eigenvalue weighted by atomic mass is 10.2. The summed E-state index contributed by atoms with van der Waals surface area (Å²) < 4.78 is 10.5. The van der Waals surface area contributed by atoms with Crippen molar-refractivity contribution in [3.8, 4) is 0 Å². The average Bonchev–Trinajstić information content (AvgIpc) is 1.83. The summed E-state index contributed by atoms with van der Waals surface area (Å²) >= 11 is 0. The predicted octanol–water partition coefficient (Wildman–Crippen LogP) is -1.00. The number of rotatable bonds is 3. The maximum absolute atomic E-state index is 10.5. The van der Waals surface area contributed by atoms with E-state index in [0.717, 1.165) is 6.92 Å². The molecule has 0 rings (SSSR count). The van der Waals surface area contributed by atoms with Gasteiger partial charge in [-0.1, -0.05) is 0 Å². The van der Waals surface area contributed by atoms with Gasteiger partial charge in [0.1, 0.15) is 0 Å². The van der Waals surface area contributed by atoms with Gasteiger partial charge in [-0.3, -0.25) is 9.36 Å². The normalized spacial score (nSPS) is 17.5. The Morgan fingerprint density at radius 2 is 1.91 bits per heavy atom. The first-order valence-corrected chi connectivity index (χ1v) is 4.27.